The van der Waals surface area contributed by atoms with Crippen molar-refractivity contribution in [3.05, 3.63) is 118 Å². The molecule has 3 saturated heterocycles. The highest BCUT2D eigenvalue weighted by Gasteiger charge is 2.47. The van der Waals surface area contributed by atoms with Gasteiger partial charge in [-0.25, -0.2) is 4.39 Å². The predicted octanol–water partition coefficient (Wildman–Crippen LogP) is 6.73. The first-order valence-electron chi connectivity index (χ1n) is 22.0. The molecule has 0 bridgehead atoms. The first kappa shape index (κ1) is 37.6. The Morgan fingerprint density at radius 1 is 0.817 bits per heavy atom. The molecule has 310 valence electrons. The van der Waals surface area contributed by atoms with Crippen LogP contribution in [0.1, 0.15) is 95.0 Å². The number of aromatic hydroxyl groups is 1. The summed E-state index contributed by atoms with van der Waals surface area (Å²) in [6.07, 6.45) is 7.07. The molecule has 4 atom stereocenters. The van der Waals surface area contributed by atoms with Gasteiger partial charge in [0.15, 0.2) is 0 Å². The number of phenols is 1. The van der Waals surface area contributed by atoms with Gasteiger partial charge in [0.25, 0.3) is 5.91 Å². The van der Waals surface area contributed by atoms with Crippen molar-refractivity contribution in [2.24, 2.45) is 11.3 Å². The van der Waals surface area contributed by atoms with Crippen molar-refractivity contribution in [3.63, 3.8) is 0 Å². The number of fused-ring (bicyclic) bond motifs is 5. The number of carbonyl (C=O) groups is 3. The molecule has 11 heteroatoms. The van der Waals surface area contributed by atoms with Crippen LogP contribution in [0.2, 0.25) is 0 Å². The molecule has 60 heavy (non-hydrogen) atoms. The number of rotatable bonds is 6. The standard InChI is InChI=1S/C49H52FN5O5/c50-40-21-33(46-37(31-4-2-1-3-5-31)9-6-32-20-36(56)8-10-38(32)46)7-11-41(40)53-16-14-49(15-17-53)24-30(25-49)26-52-18-19-54-35(28-52)29-60-44-23-39-34(22-43(44)54)27-55(48(39)59)42-12-13-45(57)51-47(42)58/h1-5,7-8,10-11,20-23,30,35,37,42,46,56H,6,9,12-19,24-29H2,(H,51,57,58)/t35-,37+,42-,46-/m0/s1. The van der Waals surface area contributed by atoms with Gasteiger partial charge in [0.2, 0.25) is 11.8 Å². The highest BCUT2D eigenvalue weighted by atomic mass is 19.1. The van der Waals surface area contributed by atoms with Gasteiger partial charge in [-0.3, -0.25) is 24.6 Å². The van der Waals surface area contributed by atoms with Crippen molar-refractivity contribution in [2.75, 3.05) is 55.7 Å². The Morgan fingerprint density at radius 3 is 2.45 bits per heavy atom. The third kappa shape index (κ3) is 6.51. The summed E-state index contributed by atoms with van der Waals surface area (Å²) in [6, 6.07) is 25.8. The number of halogens is 1. The molecule has 5 heterocycles. The maximum absolute atomic E-state index is 16.2. The number of nitrogens with zero attached hydrogens (tertiary/aromatic N) is 4. The maximum atomic E-state index is 16.2. The van der Waals surface area contributed by atoms with Gasteiger partial charge in [0.05, 0.1) is 17.4 Å². The summed E-state index contributed by atoms with van der Waals surface area (Å²) in [6.45, 7) is 6.57. The number of benzene rings is 4. The van der Waals surface area contributed by atoms with Crippen LogP contribution in [-0.4, -0.2) is 90.6 Å². The first-order chi connectivity index (χ1) is 29.2. The second-order valence-corrected chi connectivity index (χ2v) is 18.7. The Labute approximate surface area is 350 Å². The Hall–Kier alpha value is -5.42. The number of imide groups is 1. The minimum absolute atomic E-state index is 0.0221. The molecule has 4 aromatic rings. The minimum Gasteiger partial charge on any atom is -0.508 e. The first-order valence-corrected chi connectivity index (χ1v) is 22.0. The number of piperazine rings is 1. The number of piperidine rings is 2. The number of aryl methyl sites for hydroxylation is 1. The predicted molar refractivity (Wildman–Crippen MR) is 226 cm³/mol. The minimum atomic E-state index is -0.631. The average molecular weight is 810 g/mol. The van der Waals surface area contributed by atoms with Crippen LogP contribution in [0.25, 0.3) is 0 Å². The number of amides is 3. The van der Waals surface area contributed by atoms with Crippen molar-refractivity contribution in [1.82, 2.24) is 15.1 Å². The van der Waals surface area contributed by atoms with E-state index >= 15 is 4.39 Å². The molecule has 0 unspecified atom stereocenters. The Kier molecular flexibility index (Phi) is 9.17. The fourth-order valence-corrected chi connectivity index (χ4v) is 12.2. The largest absolute Gasteiger partial charge is 0.508 e. The number of ether oxygens (including phenoxy) is 1. The molecular formula is C49H52FN5O5. The fourth-order valence-electron chi connectivity index (χ4n) is 12.2. The third-order valence-corrected chi connectivity index (χ3v) is 15.2. The van der Waals surface area contributed by atoms with Crippen molar-refractivity contribution in [2.45, 2.75) is 81.8 Å². The Bertz CT molecular complexity index is 2370. The molecule has 2 aliphatic carbocycles. The monoisotopic (exact) mass is 809 g/mol. The van der Waals surface area contributed by atoms with Crippen LogP contribution in [0.15, 0.2) is 78.9 Å². The highest BCUT2D eigenvalue weighted by molar-refractivity contribution is 6.06. The molecule has 0 radical (unpaired) electrons. The van der Waals surface area contributed by atoms with E-state index in [2.05, 4.69) is 56.4 Å². The lowest BCUT2D eigenvalue weighted by Gasteiger charge is -2.54. The zero-order valence-electron chi connectivity index (χ0n) is 34.0. The van der Waals surface area contributed by atoms with E-state index in [4.69, 9.17) is 4.74 Å². The molecule has 11 rings (SSSR count). The fraction of sp³-hybridized carbons (Fsp3) is 0.449. The van der Waals surface area contributed by atoms with Crippen molar-refractivity contribution in [1.29, 1.82) is 0 Å². The smallest absolute Gasteiger partial charge is 0.255 e. The summed E-state index contributed by atoms with van der Waals surface area (Å²) < 4.78 is 22.5. The highest BCUT2D eigenvalue weighted by Crippen LogP contribution is 2.54. The van der Waals surface area contributed by atoms with E-state index in [1.165, 1.54) is 24.0 Å². The number of hydrogen-bond acceptors (Lipinski definition) is 8. The lowest BCUT2D eigenvalue weighted by atomic mass is 9.57. The van der Waals surface area contributed by atoms with E-state index < -0.39 is 11.9 Å². The third-order valence-electron chi connectivity index (χ3n) is 15.2. The summed E-state index contributed by atoms with van der Waals surface area (Å²) in [5.74, 6) is 0.939. The maximum Gasteiger partial charge on any atom is 0.255 e. The van der Waals surface area contributed by atoms with Crippen LogP contribution < -0.4 is 19.9 Å². The van der Waals surface area contributed by atoms with Crippen LogP contribution >= 0.6 is 0 Å². The number of anilines is 2. The quantitative estimate of drug-likeness (QED) is 0.207. The van der Waals surface area contributed by atoms with Gasteiger partial charge >= 0.3 is 0 Å². The molecule has 4 fully saturated rings. The molecule has 7 aliphatic rings. The van der Waals surface area contributed by atoms with Gasteiger partial charge in [0.1, 0.15) is 30.0 Å². The zero-order valence-corrected chi connectivity index (χ0v) is 34.0. The summed E-state index contributed by atoms with van der Waals surface area (Å²) in [5.41, 5.74) is 8.18. The average Bonchev–Trinajstić information content (AvgIpc) is 3.56. The van der Waals surface area contributed by atoms with Gasteiger partial charge in [-0.15, -0.1) is 0 Å². The van der Waals surface area contributed by atoms with E-state index in [1.807, 2.05) is 30.3 Å². The molecule has 2 N–H and O–H groups in total. The summed E-state index contributed by atoms with van der Waals surface area (Å²) in [5, 5.41) is 12.6. The molecule has 3 amide bonds. The van der Waals surface area contributed by atoms with Crippen molar-refractivity contribution >= 4 is 29.1 Å². The lowest BCUT2D eigenvalue weighted by molar-refractivity contribution is -0.136. The molecule has 5 aliphatic heterocycles. The van der Waals surface area contributed by atoms with E-state index in [9.17, 15) is 19.5 Å². The summed E-state index contributed by atoms with van der Waals surface area (Å²) >= 11 is 0. The number of hydrogen-bond donors (Lipinski definition) is 2. The Balaban J connectivity index is 0.697. The van der Waals surface area contributed by atoms with Crippen LogP contribution in [0.5, 0.6) is 11.5 Å². The van der Waals surface area contributed by atoms with Crippen LogP contribution in [0.3, 0.4) is 0 Å². The molecule has 1 spiro atoms. The second-order valence-electron chi connectivity index (χ2n) is 18.7. The topological polar surface area (TPSA) is 106 Å². The Morgan fingerprint density at radius 2 is 1.65 bits per heavy atom. The normalized spacial score (nSPS) is 26.1. The van der Waals surface area contributed by atoms with E-state index in [0.29, 0.717) is 42.2 Å². The van der Waals surface area contributed by atoms with Gasteiger partial charge < -0.3 is 24.5 Å². The number of carbonyl (C=O) groups excluding carboxylic acids is 3. The zero-order chi connectivity index (χ0) is 40.7. The molecule has 0 aromatic heterocycles. The van der Waals surface area contributed by atoms with Gasteiger partial charge in [-0.05, 0) is 126 Å². The summed E-state index contributed by atoms with van der Waals surface area (Å²) in [4.78, 5) is 46.6. The molecule has 10 nitrogen and oxygen atoms in total. The van der Waals surface area contributed by atoms with E-state index in [-0.39, 0.29) is 47.7 Å². The SMILES string of the molecule is O=C1CC[C@H](N2Cc3cc4c(cc3C2=O)OC[C@@H]2CN(CC3CC5(CCN(c6ccc([C@@H]7c8ccc(O)cc8CC[C@@H]7c7ccccc7)cc6F)CC5)C3)CCN42)C(=O)N1. The van der Waals surface area contributed by atoms with Crippen molar-refractivity contribution in [3.8, 4) is 11.5 Å². The molecule has 1 saturated carbocycles. The van der Waals surface area contributed by atoms with Gasteiger partial charge in [-0.2, -0.15) is 0 Å². The molecular weight excluding hydrogens is 758 g/mol. The summed E-state index contributed by atoms with van der Waals surface area (Å²) in [7, 11) is 0. The van der Waals surface area contributed by atoms with Gasteiger partial charge in [-0.1, -0.05) is 42.5 Å². The van der Waals surface area contributed by atoms with Crippen molar-refractivity contribution < 1.29 is 28.6 Å². The van der Waals surface area contributed by atoms with Crippen LogP contribution in [-0.2, 0) is 22.6 Å². The van der Waals surface area contributed by atoms with Gasteiger partial charge in [0, 0.05) is 63.7 Å². The van der Waals surface area contributed by atoms with Crippen LogP contribution in [0.4, 0.5) is 15.8 Å². The van der Waals surface area contributed by atoms with E-state index in [1.54, 1.807) is 17.0 Å². The number of phenolic OH excluding ortho intramolecular Hbond substituents is 1. The lowest BCUT2D eigenvalue weighted by Crippen LogP contribution is -2.59. The second kappa shape index (κ2) is 14.6. The molecule has 4 aromatic carbocycles. The van der Waals surface area contributed by atoms with E-state index in [0.717, 1.165) is 93.1 Å². The van der Waals surface area contributed by atoms with Crippen LogP contribution in [0, 0.1) is 17.2 Å². The number of nitrogens with one attached hydrogen (secondary N) is 1.